The van der Waals surface area contributed by atoms with Gasteiger partial charge in [0.15, 0.2) is 11.5 Å². The molecule has 3 aromatic rings. The van der Waals surface area contributed by atoms with Crippen LogP contribution in [0, 0.1) is 0 Å². The van der Waals surface area contributed by atoms with Crippen molar-refractivity contribution in [2.24, 2.45) is 0 Å². The van der Waals surface area contributed by atoms with Crippen molar-refractivity contribution in [1.82, 2.24) is 14.9 Å². The van der Waals surface area contributed by atoms with Crippen molar-refractivity contribution in [2.45, 2.75) is 6.42 Å². The van der Waals surface area contributed by atoms with Crippen LogP contribution in [0.2, 0.25) is 10.0 Å². The molecule has 1 fully saturated rings. The largest absolute Gasteiger partial charge is 0.493 e. The molecule has 0 bridgehead atoms. The lowest BCUT2D eigenvalue weighted by Gasteiger charge is -2.26. The predicted molar refractivity (Wildman–Crippen MR) is 123 cm³/mol. The van der Waals surface area contributed by atoms with E-state index in [2.05, 4.69) is 20.0 Å². The van der Waals surface area contributed by atoms with Gasteiger partial charge in [0.2, 0.25) is 0 Å². The minimum absolute atomic E-state index is 0.0516. The van der Waals surface area contributed by atoms with Crippen molar-refractivity contribution in [3.05, 3.63) is 46.7 Å². The monoisotopic (exact) mass is 473 g/mol. The summed E-state index contributed by atoms with van der Waals surface area (Å²) < 4.78 is 102. The fourth-order valence-electron chi connectivity index (χ4n) is 2.79. The number of anilines is 2. The Balaban J connectivity index is 1.60. The van der Waals surface area contributed by atoms with Crippen LogP contribution in [-0.2, 0) is 4.74 Å². The van der Waals surface area contributed by atoms with Gasteiger partial charge in [0, 0.05) is 42.2 Å². The van der Waals surface area contributed by atoms with Crippen molar-refractivity contribution in [2.75, 3.05) is 51.6 Å². The van der Waals surface area contributed by atoms with Crippen LogP contribution in [0.4, 0.5) is 11.5 Å². The second-order valence-electron chi connectivity index (χ2n) is 6.28. The Hall–Kier alpha value is -2.32. The van der Waals surface area contributed by atoms with E-state index in [1.807, 2.05) is 0 Å². The van der Waals surface area contributed by atoms with Crippen LogP contribution >= 0.6 is 23.2 Å². The Morgan fingerprint density at radius 2 is 2.03 bits per heavy atom. The third-order valence-corrected chi connectivity index (χ3v) is 4.98. The number of nitrogens with zero attached hydrogens (tertiary/aromatic N) is 3. The third kappa shape index (κ3) is 5.49. The molecule has 2 aromatic carbocycles. The number of aromatic nitrogens is 2. The van der Waals surface area contributed by atoms with E-state index in [1.165, 1.54) is 18.5 Å². The first-order valence-electron chi connectivity index (χ1n) is 14.6. The molecule has 1 saturated heterocycles. The third-order valence-electron chi connectivity index (χ3n) is 4.24. The molecule has 0 spiro atoms. The summed E-state index contributed by atoms with van der Waals surface area (Å²) in [6.07, 6.45) is 1.12. The minimum atomic E-state index is -3.17. The molecule has 2 heterocycles. The van der Waals surface area contributed by atoms with Crippen LogP contribution in [0.25, 0.3) is 10.9 Å². The maximum atomic E-state index is 8.11. The van der Waals surface area contributed by atoms with Gasteiger partial charge >= 0.3 is 0 Å². The highest BCUT2D eigenvalue weighted by molar-refractivity contribution is 6.42. The number of nitrogens with one attached hydrogen (secondary N) is 1. The molecular weight excluding hydrogens is 439 g/mol. The van der Waals surface area contributed by atoms with Crippen molar-refractivity contribution < 1.29 is 29.3 Å². The summed E-state index contributed by atoms with van der Waals surface area (Å²) in [7, 11) is -2.85. The van der Waals surface area contributed by atoms with E-state index in [0.717, 1.165) is 0 Å². The van der Waals surface area contributed by atoms with E-state index in [4.69, 9.17) is 47.8 Å². The molecule has 0 unspecified atom stereocenters. The summed E-state index contributed by atoms with van der Waals surface area (Å²) >= 11 is 12.1. The van der Waals surface area contributed by atoms with E-state index in [0.29, 0.717) is 37.4 Å². The first kappa shape index (κ1) is 12.1. The number of rotatable bonds is 8. The molecule has 0 amide bonds. The zero-order chi connectivity index (χ0) is 31.3. The first-order chi connectivity index (χ1) is 19.2. The van der Waals surface area contributed by atoms with Crippen LogP contribution in [0.1, 0.15) is 21.5 Å². The van der Waals surface area contributed by atoms with Crippen LogP contribution < -0.4 is 14.8 Å². The second-order valence-corrected chi connectivity index (χ2v) is 7.09. The van der Waals surface area contributed by atoms with Gasteiger partial charge in [-0.15, -0.1) is 0 Å². The average molecular weight is 474 g/mol. The highest BCUT2D eigenvalue weighted by atomic mass is 35.5. The van der Waals surface area contributed by atoms with Gasteiger partial charge < -0.3 is 19.5 Å². The van der Waals surface area contributed by atoms with E-state index in [9.17, 15) is 0 Å². The van der Waals surface area contributed by atoms with Gasteiger partial charge in [0.1, 0.15) is 12.1 Å². The number of morpholine rings is 1. The molecule has 0 aliphatic carbocycles. The Bertz CT molecular complexity index is 1450. The number of hydrogen-bond acceptors (Lipinski definition) is 7. The summed E-state index contributed by atoms with van der Waals surface area (Å²) in [6.45, 7) is -13.1. The normalized spacial score (nSPS) is 26.7. The quantitative estimate of drug-likeness (QED) is 0.471. The van der Waals surface area contributed by atoms with Crippen LogP contribution in [0.3, 0.4) is 0 Å². The number of methoxy groups -OCH3 is 1. The molecule has 1 N–H and O–H groups in total. The van der Waals surface area contributed by atoms with Gasteiger partial charge in [0.05, 0.1) is 51.9 Å². The zero-order valence-electron chi connectivity index (χ0n) is 26.9. The van der Waals surface area contributed by atoms with Gasteiger partial charge in [-0.25, -0.2) is 9.97 Å². The van der Waals surface area contributed by atoms with Crippen LogP contribution in [0.15, 0.2) is 36.7 Å². The molecule has 0 atom stereocenters. The lowest BCUT2D eigenvalue weighted by molar-refractivity contribution is 0.0357. The van der Waals surface area contributed by atoms with Gasteiger partial charge in [0.25, 0.3) is 0 Å². The number of ether oxygens (including phenoxy) is 3. The summed E-state index contributed by atoms with van der Waals surface area (Å²) in [5.41, 5.74) is 0.849. The lowest BCUT2D eigenvalue weighted by atomic mass is 10.2. The van der Waals surface area contributed by atoms with Crippen LogP contribution in [-0.4, -0.2) is 61.2 Å². The Kier molecular flexibility index (Phi) is 4.02. The molecule has 4 rings (SSSR count). The van der Waals surface area contributed by atoms with E-state index < -0.39 is 39.7 Å². The van der Waals surface area contributed by atoms with E-state index in [1.54, 1.807) is 18.2 Å². The molecule has 1 aliphatic heterocycles. The average Bonchev–Trinajstić information content (AvgIpc) is 2.84. The Morgan fingerprint density at radius 3 is 2.84 bits per heavy atom. The molecule has 9 heteroatoms. The number of benzene rings is 2. The van der Waals surface area contributed by atoms with Crippen molar-refractivity contribution in [3.63, 3.8) is 0 Å². The highest BCUT2D eigenvalue weighted by Gasteiger charge is 2.13. The summed E-state index contributed by atoms with van der Waals surface area (Å²) in [4.78, 5) is 8.81. The van der Waals surface area contributed by atoms with Gasteiger partial charge in [-0.05, 0) is 30.7 Å². The summed E-state index contributed by atoms with van der Waals surface area (Å²) in [5, 5.41) is 4.13. The molecule has 1 aliphatic rings. The van der Waals surface area contributed by atoms with Gasteiger partial charge in [-0.3, -0.25) is 4.90 Å². The standard InChI is InChI=1S/C22H24Cl2N4O3/c1-29-20-13-19-16(12-21(20)31-8-2-5-28-6-9-30-10-7-28)22(26-14-25-19)27-15-3-4-17(23)18(24)11-15/h3-4,11-14H,2,5-10H2,1H3,(H,25,26,27)/i1D3,6D2,7D2,9D2,10D2. The smallest absolute Gasteiger partial charge is 0.162 e. The molecule has 7 nitrogen and oxygen atoms in total. The summed E-state index contributed by atoms with van der Waals surface area (Å²) in [5.74, 6) is 0.0681. The molecule has 1 aromatic heterocycles. The Morgan fingerprint density at radius 1 is 1.16 bits per heavy atom. The molecule has 164 valence electrons. The predicted octanol–water partition coefficient (Wildman–Crippen LogP) is 4.79. The van der Waals surface area contributed by atoms with Gasteiger partial charge in [-0.1, -0.05) is 23.2 Å². The highest BCUT2D eigenvalue weighted by Crippen LogP contribution is 2.35. The molecule has 0 radical (unpaired) electrons. The first-order valence-corrected chi connectivity index (χ1v) is 9.81. The van der Waals surface area contributed by atoms with E-state index in [-0.39, 0.29) is 24.5 Å². The van der Waals surface area contributed by atoms with Crippen molar-refractivity contribution >= 4 is 45.6 Å². The zero-order valence-corrected chi connectivity index (χ0v) is 17.4. The lowest BCUT2D eigenvalue weighted by Crippen LogP contribution is -2.37. The second kappa shape index (κ2) is 10.3. The molecule has 31 heavy (non-hydrogen) atoms. The fourth-order valence-corrected chi connectivity index (χ4v) is 3.09. The Labute approximate surface area is 206 Å². The minimum Gasteiger partial charge on any atom is -0.493 e. The molecular formula is C22H24Cl2N4O3. The maximum Gasteiger partial charge on any atom is 0.162 e. The van der Waals surface area contributed by atoms with E-state index >= 15 is 0 Å². The molecule has 0 saturated carbocycles. The van der Waals surface area contributed by atoms with Crippen molar-refractivity contribution in [3.8, 4) is 11.5 Å². The maximum absolute atomic E-state index is 8.11. The fraction of sp³-hybridized carbons (Fsp3) is 0.364. The number of fused-ring (bicyclic) bond motifs is 1. The van der Waals surface area contributed by atoms with Crippen LogP contribution in [0.5, 0.6) is 11.5 Å². The number of hydrogen-bond donors (Lipinski definition) is 1. The van der Waals surface area contributed by atoms with Crippen molar-refractivity contribution in [1.29, 1.82) is 0 Å². The number of halogens is 2. The van der Waals surface area contributed by atoms with Gasteiger partial charge in [-0.2, -0.15) is 0 Å². The SMILES string of the molecule is [2H]C([2H])([2H])Oc1cc2ncnc(Nc3ccc(Cl)c(Cl)c3)c2cc1OCCCN1C([2H])([2H])C([2H])([2H])OC([2H])([2H])C1([2H])[2H]. The topological polar surface area (TPSA) is 68.7 Å². The summed E-state index contributed by atoms with van der Waals surface area (Å²) in [6, 6.07) is 7.60.